The van der Waals surface area contributed by atoms with Crippen LogP contribution in [0, 0.1) is 5.82 Å². The number of ether oxygens (including phenoxy) is 1. The summed E-state index contributed by atoms with van der Waals surface area (Å²) in [5, 5.41) is 13.9. The van der Waals surface area contributed by atoms with Gasteiger partial charge in [0, 0.05) is 13.0 Å². The summed E-state index contributed by atoms with van der Waals surface area (Å²) in [6, 6.07) is 2.72. The molecule has 1 fully saturated rings. The lowest BCUT2D eigenvalue weighted by Crippen LogP contribution is -2.56. The molecule has 0 bridgehead atoms. The Hall–Kier alpha value is -1.86. The second kappa shape index (κ2) is 5.64. The Morgan fingerprint density at radius 2 is 2.20 bits per heavy atom. The van der Waals surface area contributed by atoms with E-state index >= 15 is 0 Å². The normalized spacial score (nSPS) is 21.5. The number of hydrogen-bond acceptors (Lipinski definition) is 3. The Balaban J connectivity index is 2.07. The summed E-state index contributed by atoms with van der Waals surface area (Å²) in [6.45, 7) is 0.150. The summed E-state index contributed by atoms with van der Waals surface area (Å²) in [5.41, 5.74) is -1.26. The van der Waals surface area contributed by atoms with Crippen molar-refractivity contribution in [2.45, 2.75) is 12.0 Å². The van der Waals surface area contributed by atoms with Crippen molar-refractivity contribution in [3.8, 4) is 0 Å². The van der Waals surface area contributed by atoms with E-state index in [0.717, 1.165) is 12.1 Å². The van der Waals surface area contributed by atoms with E-state index in [9.17, 15) is 19.1 Å². The Morgan fingerprint density at radius 1 is 1.45 bits per heavy atom. The van der Waals surface area contributed by atoms with Gasteiger partial charge >= 0.3 is 12.0 Å². The van der Waals surface area contributed by atoms with Crippen molar-refractivity contribution in [3.63, 3.8) is 0 Å². The van der Waals surface area contributed by atoms with Gasteiger partial charge in [-0.3, -0.25) is 0 Å². The lowest BCUT2D eigenvalue weighted by atomic mass is 9.99. The number of carbonyl (C=O) groups excluding carboxylic acids is 1. The third-order valence-corrected chi connectivity index (χ3v) is 3.28. The van der Waals surface area contributed by atoms with Crippen LogP contribution in [0.2, 0.25) is 5.02 Å². The minimum atomic E-state index is -1.45. The van der Waals surface area contributed by atoms with E-state index in [-0.39, 0.29) is 30.3 Å². The van der Waals surface area contributed by atoms with Gasteiger partial charge in [-0.25, -0.2) is 14.0 Å². The lowest BCUT2D eigenvalue weighted by Gasteiger charge is -2.23. The fraction of sp³-hybridized carbons (Fsp3) is 0.333. The first kappa shape index (κ1) is 14.5. The molecule has 1 aliphatic heterocycles. The Kier molecular flexibility index (Phi) is 4.10. The zero-order chi connectivity index (χ0) is 14.8. The SMILES string of the molecule is O=C(Nc1ccc(F)cc1Cl)NC1(C(=O)O)CCOC1. The molecule has 1 atom stereocenters. The number of hydrogen-bond donors (Lipinski definition) is 3. The quantitative estimate of drug-likeness (QED) is 0.795. The van der Waals surface area contributed by atoms with Gasteiger partial charge < -0.3 is 20.5 Å². The third kappa shape index (κ3) is 3.00. The molecular formula is C12H12ClFN2O4. The number of rotatable bonds is 3. The first-order valence-electron chi connectivity index (χ1n) is 5.78. The molecule has 8 heteroatoms. The lowest BCUT2D eigenvalue weighted by molar-refractivity contribution is -0.144. The van der Waals surface area contributed by atoms with Crippen LogP contribution in [0.5, 0.6) is 0 Å². The van der Waals surface area contributed by atoms with Gasteiger partial charge in [-0.1, -0.05) is 11.6 Å². The van der Waals surface area contributed by atoms with Crippen LogP contribution in [-0.4, -0.2) is 35.9 Å². The number of anilines is 1. The predicted molar refractivity (Wildman–Crippen MR) is 69.4 cm³/mol. The van der Waals surface area contributed by atoms with Crippen molar-refractivity contribution in [2.75, 3.05) is 18.5 Å². The second-order valence-electron chi connectivity index (χ2n) is 4.39. The zero-order valence-electron chi connectivity index (χ0n) is 10.3. The third-order valence-electron chi connectivity index (χ3n) is 2.96. The van der Waals surface area contributed by atoms with Gasteiger partial charge in [0.05, 0.1) is 17.3 Å². The van der Waals surface area contributed by atoms with Gasteiger partial charge in [-0.15, -0.1) is 0 Å². The average molecular weight is 303 g/mol. The number of urea groups is 1. The summed E-state index contributed by atoms with van der Waals surface area (Å²) in [5.74, 6) is -1.71. The molecule has 1 heterocycles. The number of aliphatic carboxylic acids is 1. The number of carboxylic acids is 1. The minimum Gasteiger partial charge on any atom is -0.479 e. The number of benzene rings is 1. The van der Waals surface area contributed by atoms with Crippen LogP contribution in [0.1, 0.15) is 6.42 Å². The number of amides is 2. The number of carbonyl (C=O) groups is 2. The van der Waals surface area contributed by atoms with Crippen molar-refractivity contribution in [1.29, 1.82) is 0 Å². The number of halogens is 2. The van der Waals surface area contributed by atoms with Crippen LogP contribution in [-0.2, 0) is 9.53 Å². The molecule has 1 aliphatic rings. The van der Waals surface area contributed by atoms with Crippen LogP contribution < -0.4 is 10.6 Å². The first-order valence-corrected chi connectivity index (χ1v) is 6.16. The average Bonchev–Trinajstić information content (AvgIpc) is 2.82. The molecule has 1 aromatic rings. The van der Waals surface area contributed by atoms with Crippen LogP contribution in [0.3, 0.4) is 0 Å². The van der Waals surface area contributed by atoms with Gasteiger partial charge in [-0.2, -0.15) is 0 Å². The van der Waals surface area contributed by atoms with Gasteiger partial charge in [0.1, 0.15) is 5.82 Å². The highest BCUT2D eigenvalue weighted by Gasteiger charge is 2.44. The van der Waals surface area contributed by atoms with Crippen molar-refractivity contribution in [1.82, 2.24) is 5.32 Å². The fourth-order valence-electron chi connectivity index (χ4n) is 1.85. The maximum Gasteiger partial charge on any atom is 0.332 e. The highest BCUT2D eigenvalue weighted by molar-refractivity contribution is 6.33. The number of nitrogens with one attached hydrogen (secondary N) is 2. The highest BCUT2D eigenvalue weighted by Crippen LogP contribution is 2.23. The van der Waals surface area contributed by atoms with Crippen LogP contribution in [0.15, 0.2) is 18.2 Å². The predicted octanol–water partition coefficient (Wildman–Crippen LogP) is 1.84. The summed E-state index contributed by atoms with van der Waals surface area (Å²) in [7, 11) is 0. The fourth-order valence-corrected chi connectivity index (χ4v) is 2.06. The number of carboxylic acid groups (broad SMARTS) is 1. The Morgan fingerprint density at radius 3 is 2.75 bits per heavy atom. The minimum absolute atomic E-state index is 0.0206. The Bertz CT molecular complexity index is 546. The molecule has 0 spiro atoms. The van der Waals surface area contributed by atoms with Gasteiger partial charge in [-0.05, 0) is 18.2 Å². The van der Waals surface area contributed by atoms with Gasteiger partial charge in [0.2, 0.25) is 0 Å². The first-order chi connectivity index (χ1) is 9.43. The second-order valence-corrected chi connectivity index (χ2v) is 4.80. The van der Waals surface area contributed by atoms with E-state index in [4.69, 9.17) is 16.3 Å². The molecule has 1 unspecified atom stereocenters. The summed E-state index contributed by atoms with van der Waals surface area (Å²) < 4.78 is 17.9. The monoisotopic (exact) mass is 302 g/mol. The smallest absolute Gasteiger partial charge is 0.332 e. The van der Waals surface area contributed by atoms with Crippen LogP contribution in [0.25, 0.3) is 0 Å². The molecule has 2 rings (SSSR count). The van der Waals surface area contributed by atoms with Crippen molar-refractivity contribution >= 4 is 29.3 Å². The standard InChI is InChI=1S/C12H12ClFN2O4/c13-8-5-7(14)1-2-9(8)15-11(19)16-12(10(17)18)3-4-20-6-12/h1-2,5H,3-4,6H2,(H,17,18)(H2,15,16,19). The van der Waals surface area contributed by atoms with Crippen molar-refractivity contribution in [3.05, 3.63) is 29.0 Å². The molecule has 20 heavy (non-hydrogen) atoms. The van der Waals surface area contributed by atoms with Gasteiger partial charge in [0.15, 0.2) is 5.54 Å². The van der Waals surface area contributed by atoms with E-state index in [2.05, 4.69) is 10.6 Å². The Labute approximate surface area is 118 Å². The van der Waals surface area contributed by atoms with E-state index in [0.29, 0.717) is 0 Å². The molecule has 3 N–H and O–H groups in total. The van der Waals surface area contributed by atoms with Crippen LogP contribution in [0.4, 0.5) is 14.9 Å². The van der Waals surface area contributed by atoms with E-state index < -0.39 is 23.4 Å². The molecule has 0 saturated carbocycles. The molecule has 0 radical (unpaired) electrons. The molecule has 108 valence electrons. The maximum atomic E-state index is 12.9. The largest absolute Gasteiger partial charge is 0.479 e. The molecule has 1 aromatic carbocycles. The molecule has 1 saturated heterocycles. The summed E-state index contributed by atoms with van der Waals surface area (Å²) in [6.07, 6.45) is 0.174. The molecule has 6 nitrogen and oxygen atoms in total. The summed E-state index contributed by atoms with van der Waals surface area (Å²) >= 11 is 5.76. The van der Waals surface area contributed by atoms with E-state index in [1.165, 1.54) is 6.07 Å². The van der Waals surface area contributed by atoms with Crippen molar-refractivity contribution in [2.24, 2.45) is 0 Å². The van der Waals surface area contributed by atoms with Gasteiger partial charge in [0.25, 0.3) is 0 Å². The topological polar surface area (TPSA) is 87.7 Å². The maximum absolute atomic E-state index is 12.9. The zero-order valence-corrected chi connectivity index (χ0v) is 11.0. The molecular weight excluding hydrogens is 291 g/mol. The summed E-state index contributed by atoms with van der Waals surface area (Å²) in [4.78, 5) is 23.0. The molecule has 0 aromatic heterocycles. The molecule has 0 aliphatic carbocycles. The van der Waals surface area contributed by atoms with Crippen LogP contribution >= 0.6 is 11.6 Å². The van der Waals surface area contributed by atoms with E-state index in [1.54, 1.807) is 0 Å². The molecule has 2 amide bonds. The highest BCUT2D eigenvalue weighted by atomic mass is 35.5. The van der Waals surface area contributed by atoms with Crippen molar-refractivity contribution < 1.29 is 23.8 Å². The van der Waals surface area contributed by atoms with E-state index in [1.807, 2.05) is 0 Å².